The maximum atomic E-state index is 5.90. The van der Waals surface area contributed by atoms with Gasteiger partial charge in [-0.3, -0.25) is 0 Å². The molecule has 3 heteroatoms. The fourth-order valence-electron chi connectivity index (χ4n) is 1.49. The van der Waals surface area contributed by atoms with Crippen LogP contribution in [0.25, 0.3) is 5.69 Å². The Hall–Kier alpha value is -1.77. The summed E-state index contributed by atoms with van der Waals surface area (Å²) in [7, 11) is 0. The number of hydrogen-bond acceptors (Lipinski definition) is 2. The van der Waals surface area contributed by atoms with Gasteiger partial charge in [-0.15, -0.1) is 0 Å². The van der Waals surface area contributed by atoms with E-state index >= 15 is 0 Å². The third kappa shape index (κ3) is 1.37. The lowest BCUT2D eigenvalue weighted by molar-refractivity contribution is 0.975. The SMILES string of the molecule is Cc1ccc(N)c(-n2ccnc2C)c1. The summed E-state index contributed by atoms with van der Waals surface area (Å²) >= 11 is 0. The van der Waals surface area contributed by atoms with Crippen molar-refractivity contribution < 1.29 is 0 Å². The summed E-state index contributed by atoms with van der Waals surface area (Å²) in [5, 5.41) is 0. The molecule has 0 fully saturated rings. The number of aryl methyl sites for hydroxylation is 2. The molecule has 0 atom stereocenters. The van der Waals surface area contributed by atoms with Crippen molar-refractivity contribution in [3.8, 4) is 5.69 Å². The van der Waals surface area contributed by atoms with Crippen molar-refractivity contribution in [1.82, 2.24) is 9.55 Å². The van der Waals surface area contributed by atoms with Gasteiger partial charge in [0, 0.05) is 12.4 Å². The Kier molecular flexibility index (Phi) is 2.00. The average Bonchev–Trinajstić information content (AvgIpc) is 2.56. The van der Waals surface area contributed by atoms with Crippen LogP contribution in [0.2, 0.25) is 0 Å². The molecule has 0 amide bonds. The van der Waals surface area contributed by atoms with E-state index in [2.05, 4.69) is 18.0 Å². The third-order valence-electron chi connectivity index (χ3n) is 2.27. The highest BCUT2D eigenvalue weighted by atomic mass is 15.1. The molecular weight excluding hydrogens is 174 g/mol. The zero-order valence-electron chi connectivity index (χ0n) is 8.36. The van der Waals surface area contributed by atoms with E-state index in [9.17, 15) is 0 Å². The van der Waals surface area contributed by atoms with E-state index in [0.29, 0.717) is 0 Å². The number of rotatable bonds is 1. The molecule has 1 aromatic heterocycles. The highest BCUT2D eigenvalue weighted by Gasteiger charge is 2.03. The van der Waals surface area contributed by atoms with Crippen molar-refractivity contribution >= 4 is 5.69 Å². The number of nitrogens with zero attached hydrogens (tertiary/aromatic N) is 2. The fraction of sp³-hybridized carbons (Fsp3) is 0.182. The van der Waals surface area contributed by atoms with E-state index < -0.39 is 0 Å². The van der Waals surface area contributed by atoms with Gasteiger partial charge in [0.2, 0.25) is 0 Å². The predicted molar refractivity (Wildman–Crippen MR) is 57.5 cm³/mol. The zero-order valence-corrected chi connectivity index (χ0v) is 8.36. The summed E-state index contributed by atoms with van der Waals surface area (Å²) in [5.74, 6) is 0.947. The van der Waals surface area contributed by atoms with E-state index in [0.717, 1.165) is 17.2 Å². The number of imidazole rings is 1. The maximum Gasteiger partial charge on any atom is 0.110 e. The van der Waals surface area contributed by atoms with Gasteiger partial charge in [-0.05, 0) is 31.5 Å². The lowest BCUT2D eigenvalue weighted by Gasteiger charge is -2.09. The molecule has 0 aliphatic heterocycles. The lowest BCUT2D eigenvalue weighted by Crippen LogP contribution is -2.00. The Labute approximate surface area is 83.2 Å². The second-order valence-electron chi connectivity index (χ2n) is 3.41. The lowest BCUT2D eigenvalue weighted by atomic mass is 10.2. The standard InChI is InChI=1S/C11H13N3/c1-8-3-4-10(12)11(7-8)14-6-5-13-9(14)2/h3-7H,12H2,1-2H3. The van der Waals surface area contributed by atoms with Gasteiger partial charge in [0.1, 0.15) is 5.82 Å². The van der Waals surface area contributed by atoms with Gasteiger partial charge in [0.25, 0.3) is 0 Å². The highest BCUT2D eigenvalue weighted by molar-refractivity contribution is 5.59. The molecule has 3 nitrogen and oxygen atoms in total. The maximum absolute atomic E-state index is 5.90. The first-order valence-electron chi connectivity index (χ1n) is 4.55. The first-order valence-corrected chi connectivity index (χ1v) is 4.55. The van der Waals surface area contributed by atoms with Crippen molar-refractivity contribution in [3.63, 3.8) is 0 Å². The molecular formula is C11H13N3. The first-order chi connectivity index (χ1) is 6.68. The van der Waals surface area contributed by atoms with Crippen LogP contribution < -0.4 is 5.73 Å². The molecule has 0 spiro atoms. The summed E-state index contributed by atoms with van der Waals surface area (Å²) in [4.78, 5) is 4.17. The van der Waals surface area contributed by atoms with Crippen LogP contribution in [-0.2, 0) is 0 Å². The number of nitrogen functional groups attached to an aromatic ring is 1. The van der Waals surface area contributed by atoms with E-state index in [1.807, 2.05) is 29.8 Å². The summed E-state index contributed by atoms with van der Waals surface area (Å²) in [6, 6.07) is 5.99. The van der Waals surface area contributed by atoms with Crippen LogP contribution in [0.1, 0.15) is 11.4 Å². The number of aromatic nitrogens is 2. The van der Waals surface area contributed by atoms with Crippen molar-refractivity contribution in [2.24, 2.45) is 0 Å². The Morgan fingerprint density at radius 2 is 2.07 bits per heavy atom. The van der Waals surface area contributed by atoms with Crippen LogP contribution in [0.3, 0.4) is 0 Å². The topological polar surface area (TPSA) is 43.8 Å². The first kappa shape index (κ1) is 8.81. The van der Waals surface area contributed by atoms with Gasteiger partial charge >= 0.3 is 0 Å². The van der Waals surface area contributed by atoms with Gasteiger partial charge in [-0.2, -0.15) is 0 Å². The monoisotopic (exact) mass is 187 g/mol. The second kappa shape index (κ2) is 3.18. The van der Waals surface area contributed by atoms with E-state index in [-0.39, 0.29) is 0 Å². The molecule has 0 bridgehead atoms. The Morgan fingerprint density at radius 3 is 2.71 bits per heavy atom. The van der Waals surface area contributed by atoms with Crippen LogP contribution in [0.4, 0.5) is 5.69 Å². The van der Waals surface area contributed by atoms with Gasteiger partial charge < -0.3 is 10.3 Å². The van der Waals surface area contributed by atoms with Gasteiger partial charge in [0.15, 0.2) is 0 Å². The van der Waals surface area contributed by atoms with Crippen molar-refractivity contribution in [1.29, 1.82) is 0 Å². The molecule has 0 saturated heterocycles. The Morgan fingerprint density at radius 1 is 1.29 bits per heavy atom. The van der Waals surface area contributed by atoms with Crippen molar-refractivity contribution in [2.75, 3.05) is 5.73 Å². The van der Waals surface area contributed by atoms with Crippen molar-refractivity contribution in [3.05, 3.63) is 42.0 Å². The van der Waals surface area contributed by atoms with Gasteiger partial charge in [0.05, 0.1) is 11.4 Å². The summed E-state index contributed by atoms with van der Waals surface area (Å²) in [6.45, 7) is 4.01. The molecule has 2 aromatic rings. The van der Waals surface area contributed by atoms with Crippen LogP contribution in [0.5, 0.6) is 0 Å². The molecule has 2 N–H and O–H groups in total. The fourth-order valence-corrected chi connectivity index (χ4v) is 1.49. The number of hydrogen-bond donors (Lipinski definition) is 1. The van der Waals surface area contributed by atoms with Crippen molar-refractivity contribution in [2.45, 2.75) is 13.8 Å². The Bertz CT molecular complexity index is 457. The predicted octanol–water partition coefficient (Wildman–Crippen LogP) is 2.07. The van der Waals surface area contributed by atoms with Crippen LogP contribution >= 0.6 is 0 Å². The molecule has 0 aliphatic rings. The molecule has 0 radical (unpaired) electrons. The van der Waals surface area contributed by atoms with Crippen LogP contribution in [0.15, 0.2) is 30.6 Å². The smallest absolute Gasteiger partial charge is 0.110 e. The van der Waals surface area contributed by atoms with Crippen LogP contribution in [-0.4, -0.2) is 9.55 Å². The minimum atomic E-state index is 0.775. The molecule has 1 heterocycles. The molecule has 1 aromatic carbocycles. The minimum Gasteiger partial charge on any atom is -0.397 e. The molecule has 0 aliphatic carbocycles. The number of anilines is 1. The molecule has 72 valence electrons. The molecule has 0 unspecified atom stereocenters. The van der Waals surface area contributed by atoms with Gasteiger partial charge in [-0.1, -0.05) is 6.07 Å². The largest absolute Gasteiger partial charge is 0.397 e. The van der Waals surface area contributed by atoms with E-state index in [4.69, 9.17) is 5.73 Å². The second-order valence-corrected chi connectivity index (χ2v) is 3.41. The van der Waals surface area contributed by atoms with Gasteiger partial charge in [-0.25, -0.2) is 4.98 Å². The highest BCUT2D eigenvalue weighted by Crippen LogP contribution is 2.19. The zero-order chi connectivity index (χ0) is 10.1. The summed E-state index contributed by atoms with van der Waals surface area (Å²) in [6.07, 6.45) is 3.69. The third-order valence-corrected chi connectivity index (χ3v) is 2.27. The van der Waals surface area contributed by atoms with Crippen LogP contribution in [0, 0.1) is 13.8 Å². The summed E-state index contributed by atoms with van der Waals surface area (Å²) in [5.41, 5.74) is 8.87. The summed E-state index contributed by atoms with van der Waals surface area (Å²) < 4.78 is 1.99. The molecule has 14 heavy (non-hydrogen) atoms. The molecule has 0 saturated carbocycles. The minimum absolute atomic E-state index is 0.775. The molecule has 2 rings (SSSR count). The quantitative estimate of drug-likeness (QED) is 0.694. The average molecular weight is 187 g/mol. The van der Waals surface area contributed by atoms with E-state index in [1.165, 1.54) is 5.56 Å². The normalized spacial score (nSPS) is 10.4. The number of benzene rings is 1. The van der Waals surface area contributed by atoms with E-state index in [1.54, 1.807) is 6.20 Å². The Balaban J connectivity index is 2.62. The number of nitrogens with two attached hydrogens (primary N) is 1.